The van der Waals surface area contributed by atoms with E-state index in [9.17, 15) is 9.59 Å². The highest BCUT2D eigenvalue weighted by atomic mass is 79.9. The lowest BCUT2D eigenvalue weighted by molar-refractivity contribution is 0.0560. The monoisotopic (exact) mass is 481 g/mol. The number of carbonyl (C=O) groups is 2. The van der Waals surface area contributed by atoms with Crippen molar-refractivity contribution in [1.82, 2.24) is 15.3 Å². The molecule has 2 aromatic rings. The molecular weight excluding hydrogens is 458 g/mol. The van der Waals surface area contributed by atoms with E-state index in [4.69, 9.17) is 4.74 Å². The summed E-state index contributed by atoms with van der Waals surface area (Å²) in [4.78, 5) is 35.6. The van der Waals surface area contributed by atoms with E-state index in [2.05, 4.69) is 36.5 Å². The number of carbonyl (C=O) groups excluding carboxylic acids is 2. The average Bonchev–Trinajstić information content (AvgIpc) is 3.09. The normalized spacial score (nSPS) is 16.9. The Bertz CT molecular complexity index is 877. The Hall–Kier alpha value is -2.04. The van der Waals surface area contributed by atoms with Gasteiger partial charge in [0.25, 0.3) is 5.91 Å². The first kappa shape index (κ1) is 21.7. The van der Waals surface area contributed by atoms with Crippen molar-refractivity contribution in [3.8, 4) is 0 Å². The molecule has 2 amide bonds. The third-order valence-corrected chi connectivity index (χ3v) is 5.61. The van der Waals surface area contributed by atoms with E-state index < -0.39 is 11.7 Å². The standard InChI is InChI=1S/C19H24BrN5O3S/c1-19(2,3)28-18(27)25(12-5-4-7-21-9-12)15-6-8-22-10-13(15)23-16(26)14-11-29-17(20)24-14/h6,8,10-12,21H,4-5,7,9H2,1-3H3,(H,23,26). The fraction of sp³-hybridized carbons (Fsp3) is 0.474. The van der Waals surface area contributed by atoms with E-state index in [1.807, 2.05) is 20.8 Å². The molecule has 10 heteroatoms. The molecule has 0 bridgehead atoms. The topological polar surface area (TPSA) is 96.5 Å². The van der Waals surface area contributed by atoms with Crippen LogP contribution in [0, 0.1) is 0 Å². The zero-order valence-electron chi connectivity index (χ0n) is 16.6. The van der Waals surface area contributed by atoms with Gasteiger partial charge in [0.1, 0.15) is 11.3 Å². The van der Waals surface area contributed by atoms with Crippen LogP contribution in [0.25, 0.3) is 0 Å². The summed E-state index contributed by atoms with van der Waals surface area (Å²) in [6, 6.07) is 1.62. The predicted octanol–water partition coefficient (Wildman–Crippen LogP) is 4.05. The Labute approximate surface area is 182 Å². The largest absolute Gasteiger partial charge is 0.443 e. The summed E-state index contributed by atoms with van der Waals surface area (Å²) in [5, 5.41) is 7.81. The molecule has 1 atom stereocenters. The first-order chi connectivity index (χ1) is 13.7. The first-order valence-electron chi connectivity index (χ1n) is 9.34. The van der Waals surface area contributed by atoms with Gasteiger partial charge in [0.15, 0.2) is 3.92 Å². The van der Waals surface area contributed by atoms with E-state index in [1.165, 1.54) is 17.5 Å². The van der Waals surface area contributed by atoms with Crippen molar-refractivity contribution < 1.29 is 14.3 Å². The number of nitrogens with one attached hydrogen (secondary N) is 2. The molecule has 1 fully saturated rings. The molecule has 0 radical (unpaired) electrons. The number of hydrogen-bond donors (Lipinski definition) is 2. The highest BCUT2D eigenvalue weighted by molar-refractivity contribution is 9.11. The Kier molecular flexibility index (Phi) is 6.86. The SMILES string of the molecule is CC(C)(C)OC(=O)N(c1ccncc1NC(=O)c1csc(Br)n1)C1CCCNC1. The maximum absolute atomic E-state index is 13.1. The third kappa shape index (κ3) is 5.74. The molecule has 156 valence electrons. The Balaban J connectivity index is 1.92. The number of hydrogen-bond acceptors (Lipinski definition) is 7. The number of anilines is 2. The number of aromatic nitrogens is 2. The Morgan fingerprint density at radius 3 is 2.83 bits per heavy atom. The van der Waals surface area contributed by atoms with E-state index in [0.717, 1.165) is 19.4 Å². The first-order valence-corrected chi connectivity index (χ1v) is 11.0. The molecule has 1 aliphatic rings. The van der Waals surface area contributed by atoms with Crippen LogP contribution >= 0.6 is 27.3 Å². The summed E-state index contributed by atoms with van der Waals surface area (Å²) in [7, 11) is 0. The van der Waals surface area contributed by atoms with E-state index >= 15 is 0 Å². The molecule has 3 heterocycles. The quantitative estimate of drug-likeness (QED) is 0.683. The molecule has 0 aliphatic carbocycles. The summed E-state index contributed by atoms with van der Waals surface area (Å²) < 4.78 is 6.29. The van der Waals surface area contributed by atoms with E-state index in [1.54, 1.807) is 22.5 Å². The number of thiazole rings is 1. The second-order valence-corrected chi connectivity index (χ2v) is 9.82. The van der Waals surface area contributed by atoms with Crippen molar-refractivity contribution in [2.75, 3.05) is 23.3 Å². The lowest BCUT2D eigenvalue weighted by atomic mass is 10.1. The van der Waals surface area contributed by atoms with Crippen molar-refractivity contribution >= 4 is 50.6 Å². The minimum absolute atomic E-state index is 0.0925. The molecule has 0 saturated carbocycles. The maximum Gasteiger partial charge on any atom is 0.415 e. The van der Waals surface area contributed by atoms with Crippen molar-refractivity contribution in [2.45, 2.75) is 45.3 Å². The van der Waals surface area contributed by atoms with Crippen LogP contribution in [0.2, 0.25) is 0 Å². The number of rotatable bonds is 4. The summed E-state index contributed by atoms with van der Waals surface area (Å²) >= 11 is 4.59. The number of halogens is 1. The molecule has 1 saturated heterocycles. The van der Waals surface area contributed by atoms with Gasteiger partial charge in [-0.05, 0) is 62.2 Å². The van der Waals surface area contributed by atoms with Crippen molar-refractivity contribution in [2.24, 2.45) is 0 Å². The summed E-state index contributed by atoms with van der Waals surface area (Å²) in [5.74, 6) is -0.368. The second kappa shape index (κ2) is 9.19. The third-order valence-electron chi connectivity index (χ3n) is 4.24. The lowest BCUT2D eigenvalue weighted by Crippen LogP contribution is -2.50. The molecule has 2 aromatic heterocycles. The lowest BCUT2D eigenvalue weighted by Gasteiger charge is -2.36. The average molecular weight is 482 g/mol. The molecule has 8 nitrogen and oxygen atoms in total. The van der Waals surface area contributed by atoms with Gasteiger partial charge in [-0.25, -0.2) is 9.78 Å². The van der Waals surface area contributed by atoms with Crippen LogP contribution in [0.3, 0.4) is 0 Å². The van der Waals surface area contributed by atoms with Crippen LogP contribution in [0.5, 0.6) is 0 Å². The highest BCUT2D eigenvalue weighted by Gasteiger charge is 2.32. The van der Waals surface area contributed by atoms with Gasteiger partial charge in [-0.1, -0.05) is 0 Å². The summed E-state index contributed by atoms with van der Waals surface area (Å²) in [6.45, 7) is 7.05. The minimum atomic E-state index is -0.638. The van der Waals surface area contributed by atoms with Crippen LogP contribution in [0.15, 0.2) is 27.8 Å². The van der Waals surface area contributed by atoms with Crippen LogP contribution in [-0.4, -0.2) is 46.7 Å². The number of pyridine rings is 1. The van der Waals surface area contributed by atoms with Gasteiger partial charge in [0.05, 0.1) is 23.6 Å². The fourth-order valence-electron chi connectivity index (χ4n) is 3.05. The zero-order chi connectivity index (χ0) is 21.0. The molecule has 29 heavy (non-hydrogen) atoms. The molecule has 0 aromatic carbocycles. The molecule has 0 spiro atoms. The van der Waals surface area contributed by atoms with Gasteiger partial charge in [-0.2, -0.15) is 0 Å². The Morgan fingerprint density at radius 1 is 1.41 bits per heavy atom. The maximum atomic E-state index is 13.1. The van der Waals surface area contributed by atoms with E-state index in [-0.39, 0.29) is 11.9 Å². The van der Waals surface area contributed by atoms with E-state index in [0.29, 0.717) is 27.5 Å². The van der Waals surface area contributed by atoms with Gasteiger partial charge in [0.2, 0.25) is 0 Å². The van der Waals surface area contributed by atoms with Crippen LogP contribution in [0.1, 0.15) is 44.1 Å². The smallest absolute Gasteiger partial charge is 0.415 e. The molecule has 1 aliphatic heterocycles. The molecule has 2 N–H and O–H groups in total. The number of piperidine rings is 1. The van der Waals surface area contributed by atoms with Gasteiger partial charge < -0.3 is 15.4 Å². The van der Waals surface area contributed by atoms with Crippen molar-refractivity contribution in [1.29, 1.82) is 0 Å². The summed E-state index contributed by atoms with van der Waals surface area (Å²) in [6.07, 6.45) is 4.45. The summed E-state index contributed by atoms with van der Waals surface area (Å²) in [5.41, 5.74) is 0.629. The fourth-order valence-corrected chi connectivity index (χ4v) is 4.04. The molecular formula is C19H24BrN5O3S. The van der Waals surface area contributed by atoms with Gasteiger partial charge in [0, 0.05) is 18.1 Å². The number of amides is 2. The zero-order valence-corrected chi connectivity index (χ0v) is 19.0. The van der Waals surface area contributed by atoms with Crippen LogP contribution in [-0.2, 0) is 4.74 Å². The Morgan fingerprint density at radius 2 is 2.21 bits per heavy atom. The van der Waals surface area contributed by atoms with Crippen molar-refractivity contribution in [3.05, 3.63) is 33.5 Å². The van der Waals surface area contributed by atoms with Gasteiger partial charge in [-0.3, -0.25) is 14.7 Å². The van der Waals surface area contributed by atoms with Crippen LogP contribution in [0.4, 0.5) is 16.2 Å². The highest BCUT2D eigenvalue weighted by Crippen LogP contribution is 2.30. The van der Waals surface area contributed by atoms with Gasteiger partial charge >= 0.3 is 6.09 Å². The van der Waals surface area contributed by atoms with Crippen molar-refractivity contribution in [3.63, 3.8) is 0 Å². The molecule has 1 unspecified atom stereocenters. The van der Waals surface area contributed by atoms with Gasteiger partial charge in [-0.15, -0.1) is 11.3 Å². The number of ether oxygens (including phenoxy) is 1. The minimum Gasteiger partial charge on any atom is -0.443 e. The molecule has 3 rings (SSSR count). The van der Waals surface area contributed by atoms with Crippen LogP contribution < -0.4 is 15.5 Å². The second-order valence-electron chi connectivity index (χ2n) is 7.68. The predicted molar refractivity (Wildman–Crippen MR) is 117 cm³/mol. The number of nitrogens with zero attached hydrogens (tertiary/aromatic N) is 3.